The molecule has 0 fully saturated rings. The molecular formula is C14H12N2O2. The Balaban J connectivity index is 1.79. The number of benzene rings is 1. The van der Waals surface area contributed by atoms with Crippen molar-refractivity contribution in [1.29, 1.82) is 0 Å². The quantitative estimate of drug-likeness (QED) is 0.740. The summed E-state index contributed by atoms with van der Waals surface area (Å²) in [5, 5.41) is 10.4. The van der Waals surface area contributed by atoms with Gasteiger partial charge < -0.3 is 14.8 Å². The van der Waals surface area contributed by atoms with Crippen molar-refractivity contribution in [2.75, 3.05) is 0 Å². The van der Waals surface area contributed by atoms with Crippen molar-refractivity contribution in [2.24, 2.45) is 0 Å². The zero-order valence-corrected chi connectivity index (χ0v) is 9.63. The summed E-state index contributed by atoms with van der Waals surface area (Å²) in [5.41, 5.74) is 1.94. The summed E-state index contributed by atoms with van der Waals surface area (Å²) in [6, 6.07) is 10.9. The Morgan fingerprint density at radius 2 is 2.17 bits per heavy atom. The van der Waals surface area contributed by atoms with Crippen LogP contribution in [0.25, 0.3) is 10.9 Å². The first-order valence-corrected chi connectivity index (χ1v) is 5.65. The SMILES string of the molecule is Oc1ccc2[nH]c(COc3cccnc3)cc2c1. The number of hydrogen-bond donors (Lipinski definition) is 2. The number of nitrogens with zero attached hydrogens (tertiary/aromatic N) is 1. The van der Waals surface area contributed by atoms with Gasteiger partial charge in [-0.1, -0.05) is 0 Å². The van der Waals surface area contributed by atoms with Gasteiger partial charge >= 0.3 is 0 Å². The largest absolute Gasteiger partial charge is 0.508 e. The predicted molar refractivity (Wildman–Crippen MR) is 68.5 cm³/mol. The molecule has 0 saturated carbocycles. The van der Waals surface area contributed by atoms with Gasteiger partial charge in [0.05, 0.1) is 11.9 Å². The Morgan fingerprint density at radius 3 is 3.00 bits per heavy atom. The topological polar surface area (TPSA) is 58.1 Å². The van der Waals surface area contributed by atoms with E-state index < -0.39 is 0 Å². The number of H-pyrrole nitrogens is 1. The highest BCUT2D eigenvalue weighted by Crippen LogP contribution is 2.21. The molecule has 0 atom stereocenters. The second-order valence-electron chi connectivity index (χ2n) is 4.04. The number of phenols is 1. The summed E-state index contributed by atoms with van der Waals surface area (Å²) in [5.74, 6) is 1.00. The molecule has 0 saturated heterocycles. The number of aromatic amines is 1. The molecule has 0 aliphatic heterocycles. The van der Waals surface area contributed by atoms with E-state index in [9.17, 15) is 5.11 Å². The van der Waals surface area contributed by atoms with E-state index in [-0.39, 0.29) is 5.75 Å². The molecular weight excluding hydrogens is 228 g/mol. The molecule has 3 rings (SSSR count). The molecule has 0 amide bonds. The van der Waals surface area contributed by atoms with Gasteiger partial charge in [-0.05, 0) is 36.4 Å². The Labute approximate surface area is 104 Å². The van der Waals surface area contributed by atoms with Gasteiger partial charge in [-0.3, -0.25) is 4.98 Å². The highest BCUT2D eigenvalue weighted by molar-refractivity contribution is 5.81. The Morgan fingerprint density at radius 1 is 1.22 bits per heavy atom. The summed E-state index contributed by atoms with van der Waals surface area (Å²) in [7, 11) is 0. The fourth-order valence-corrected chi connectivity index (χ4v) is 1.85. The molecule has 90 valence electrons. The van der Waals surface area contributed by atoms with Crippen molar-refractivity contribution in [3.63, 3.8) is 0 Å². The minimum Gasteiger partial charge on any atom is -0.508 e. The summed E-state index contributed by atoms with van der Waals surface area (Å²) < 4.78 is 5.60. The van der Waals surface area contributed by atoms with Gasteiger partial charge in [-0.25, -0.2) is 0 Å². The Kier molecular flexibility index (Phi) is 2.61. The number of ether oxygens (including phenoxy) is 1. The van der Waals surface area contributed by atoms with Gasteiger partial charge in [-0.15, -0.1) is 0 Å². The van der Waals surface area contributed by atoms with Gasteiger partial charge in [-0.2, -0.15) is 0 Å². The van der Waals surface area contributed by atoms with Crippen molar-refractivity contribution in [2.45, 2.75) is 6.61 Å². The van der Waals surface area contributed by atoms with E-state index in [2.05, 4.69) is 9.97 Å². The smallest absolute Gasteiger partial charge is 0.138 e. The molecule has 18 heavy (non-hydrogen) atoms. The zero-order chi connectivity index (χ0) is 12.4. The van der Waals surface area contributed by atoms with Crippen LogP contribution in [0, 0.1) is 0 Å². The first kappa shape index (κ1) is 10.7. The molecule has 2 aromatic heterocycles. The van der Waals surface area contributed by atoms with Crippen LogP contribution in [0.1, 0.15) is 5.69 Å². The lowest BCUT2D eigenvalue weighted by Gasteiger charge is -2.02. The summed E-state index contributed by atoms with van der Waals surface area (Å²) >= 11 is 0. The highest BCUT2D eigenvalue weighted by atomic mass is 16.5. The predicted octanol–water partition coefficient (Wildman–Crippen LogP) is 2.85. The molecule has 2 heterocycles. The maximum absolute atomic E-state index is 9.39. The number of rotatable bonds is 3. The van der Waals surface area contributed by atoms with Gasteiger partial charge in [0.1, 0.15) is 18.1 Å². The van der Waals surface area contributed by atoms with Gasteiger partial charge in [0.2, 0.25) is 0 Å². The maximum atomic E-state index is 9.39. The lowest BCUT2D eigenvalue weighted by Crippen LogP contribution is -1.95. The molecule has 0 spiro atoms. The number of aromatic hydroxyl groups is 1. The number of pyridine rings is 1. The van der Waals surface area contributed by atoms with E-state index in [1.165, 1.54) is 0 Å². The van der Waals surface area contributed by atoms with Gasteiger partial charge in [0.15, 0.2) is 0 Å². The molecule has 0 radical (unpaired) electrons. The van der Waals surface area contributed by atoms with E-state index in [1.54, 1.807) is 24.5 Å². The number of hydrogen-bond acceptors (Lipinski definition) is 3. The van der Waals surface area contributed by atoms with Crippen molar-refractivity contribution in [3.05, 3.63) is 54.5 Å². The van der Waals surface area contributed by atoms with Crippen LogP contribution in [0.3, 0.4) is 0 Å². The van der Waals surface area contributed by atoms with Crippen LogP contribution in [-0.2, 0) is 6.61 Å². The standard InChI is InChI=1S/C14H12N2O2/c17-12-3-4-14-10(7-12)6-11(16-14)9-18-13-2-1-5-15-8-13/h1-8,16-17H,9H2. The van der Waals surface area contributed by atoms with E-state index in [4.69, 9.17) is 4.74 Å². The van der Waals surface area contributed by atoms with E-state index in [0.717, 1.165) is 22.3 Å². The van der Waals surface area contributed by atoms with Crippen molar-refractivity contribution in [1.82, 2.24) is 9.97 Å². The van der Waals surface area contributed by atoms with Crippen molar-refractivity contribution < 1.29 is 9.84 Å². The zero-order valence-electron chi connectivity index (χ0n) is 9.63. The lowest BCUT2D eigenvalue weighted by molar-refractivity contribution is 0.301. The number of fused-ring (bicyclic) bond motifs is 1. The minimum atomic E-state index is 0.265. The van der Waals surface area contributed by atoms with Crippen LogP contribution in [0.2, 0.25) is 0 Å². The van der Waals surface area contributed by atoms with Gasteiger partial charge in [0.25, 0.3) is 0 Å². The number of nitrogens with one attached hydrogen (secondary N) is 1. The summed E-state index contributed by atoms with van der Waals surface area (Å²) in [6.07, 6.45) is 3.38. The molecule has 4 heteroatoms. The third-order valence-corrected chi connectivity index (χ3v) is 2.69. The van der Waals surface area contributed by atoms with Crippen LogP contribution < -0.4 is 4.74 Å². The second kappa shape index (κ2) is 4.41. The van der Waals surface area contributed by atoms with Gasteiger partial charge in [0, 0.05) is 17.1 Å². The minimum absolute atomic E-state index is 0.265. The maximum Gasteiger partial charge on any atom is 0.138 e. The van der Waals surface area contributed by atoms with E-state index in [0.29, 0.717) is 6.61 Å². The second-order valence-corrected chi connectivity index (χ2v) is 4.04. The van der Waals surface area contributed by atoms with Crippen molar-refractivity contribution >= 4 is 10.9 Å². The molecule has 3 aromatic rings. The average molecular weight is 240 g/mol. The highest BCUT2D eigenvalue weighted by Gasteiger charge is 2.02. The summed E-state index contributed by atoms with van der Waals surface area (Å²) in [4.78, 5) is 7.22. The van der Waals surface area contributed by atoms with Crippen LogP contribution in [0.15, 0.2) is 48.8 Å². The van der Waals surface area contributed by atoms with Crippen LogP contribution in [-0.4, -0.2) is 15.1 Å². The van der Waals surface area contributed by atoms with E-state index >= 15 is 0 Å². The first-order valence-electron chi connectivity index (χ1n) is 5.65. The molecule has 0 bridgehead atoms. The number of phenolic OH excluding ortho intramolecular Hbond substituents is 1. The van der Waals surface area contributed by atoms with Crippen LogP contribution >= 0.6 is 0 Å². The first-order chi connectivity index (χ1) is 8.81. The van der Waals surface area contributed by atoms with Crippen LogP contribution in [0.4, 0.5) is 0 Å². The third kappa shape index (κ3) is 2.13. The van der Waals surface area contributed by atoms with Crippen molar-refractivity contribution in [3.8, 4) is 11.5 Å². The fraction of sp³-hybridized carbons (Fsp3) is 0.0714. The molecule has 0 aliphatic carbocycles. The average Bonchev–Trinajstić information content (AvgIpc) is 2.79. The monoisotopic (exact) mass is 240 g/mol. The summed E-state index contributed by atoms with van der Waals surface area (Å²) in [6.45, 7) is 0.446. The fourth-order valence-electron chi connectivity index (χ4n) is 1.85. The Hall–Kier alpha value is -2.49. The lowest BCUT2D eigenvalue weighted by atomic mass is 10.2. The molecule has 4 nitrogen and oxygen atoms in total. The molecule has 0 unspecified atom stereocenters. The number of aromatic nitrogens is 2. The normalized spacial score (nSPS) is 10.7. The van der Waals surface area contributed by atoms with Crippen LogP contribution in [0.5, 0.6) is 11.5 Å². The third-order valence-electron chi connectivity index (χ3n) is 2.69. The molecule has 0 aliphatic rings. The Bertz CT molecular complexity index is 662. The molecule has 1 aromatic carbocycles. The molecule has 2 N–H and O–H groups in total. The van der Waals surface area contributed by atoms with E-state index in [1.807, 2.05) is 24.3 Å².